The van der Waals surface area contributed by atoms with Crippen molar-refractivity contribution in [1.29, 1.82) is 0 Å². The Bertz CT molecular complexity index is 641. The molecule has 1 fully saturated rings. The Labute approximate surface area is 166 Å². The fourth-order valence-electron chi connectivity index (χ4n) is 3.13. The zero-order valence-corrected chi connectivity index (χ0v) is 16.6. The molecule has 154 valence electrons. The van der Waals surface area contributed by atoms with Crippen molar-refractivity contribution in [2.24, 2.45) is 5.92 Å². The van der Waals surface area contributed by atoms with Crippen molar-refractivity contribution in [1.82, 2.24) is 10.6 Å². The minimum absolute atomic E-state index is 0.107. The Morgan fingerprint density at radius 1 is 1.04 bits per heavy atom. The first-order valence-electron chi connectivity index (χ1n) is 9.89. The lowest BCUT2D eigenvalue weighted by molar-refractivity contribution is -0.151. The predicted molar refractivity (Wildman–Crippen MR) is 104 cm³/mol. The van der Waals surface area contributed by atoms with Crippen LogP contribution in [0.15, 0.2) is 30.3 Å². The molecule has 1 atom stereocenters. The monoisotopic (exact) mass is 390 g/mol. The van der Waals surface area contributed by atoms with E-state index in [0.717, 1.165) is 31.2 Å². The summed E-state index contributed by atoms with van der Waals surface area (Å²) in [7, 11) is 0. The van der Waals surface area contributed by atoms with Gasteiger partial charge >= 0.3 is 12.1 Å². The molecule has 1 aromatic rings. The number of esters is 1. The highest BCUT2D eigenvalue weighted by Gasteiger charge is 2.27. The molecule has 0 unspecified atom stereocenters. The summed E-state index contributed by atoms with van der Waals surface area (Å²) in [5, 5.41) is 5.42. The second kappa shape index (κ2) is 11.3. The Morgan fingerprint density at radius 3 is 2.36 bits per heavy atom. The van der Waals surface area contributed by atoms with Gasteiger partial charge in [0, 0.05) is 6.04 Å². The van der Waals surface area contributed by atoms with Crippen molar-refractivity contribution in [3.8, 4) is 0 Å². The molecule has 0 spiro atoms. The summed E-state index contributed by atoms with van der Waals surface area (Å²) in [5.74, 6) is -1.17. The zero-order chi connectivity index (χ0) is 20.4. The zero-order valence-electron chi connectivity index (χ0n) is 16.6. The van der Waals surface area contributed by atoms with Crippen LogP contribution in [0.25, 0.3) is 0 Å². The van der Waals surface area contributed by atoms with E-state index >= 15 is 0 Å². The van der Waals surface area contributed by atoms with Crippen molar-refractivity contribution in [3.63, 3.8) is 0 Å². The van der Waals surface area contributed by atoms with Crippen LogP contribution < -0.4 is 10.6 Å². The lowest BCUT2D eigenvalue weighted by atomic mass is 9.95. The summed E-state index contributed by atoms with van der Waals surface area (Å²) in [5.41, 5.74) is 0.848. The SMILES string of the molecule is CC(C)[C@H](NC(=O)OCc1ccccc1)C(=O)OCC(=O)NC1CCCCC1. The topological polar surface area (TPSA) is 93.7 Å². The van der Waals surface area contributed by atoms with Gasteiger partial charge in [0.1, 0.15) is 12.6 Å². The molecule has 0 bridgehead atoms. The molecule has 1 aromatic carbocycles. The Morgan fingerprint density at radius 2 is 1.71 bits per heavy atom. The molecule has 1 saturated carbocycles. The average molecular weight is 390 g/mol. The number of carbonyl (C=O) groups is 3. The number of ether oxygens (including phenoxy) is 2. The van der Waals surface area contributed by atoms with E-state index in [9.17, 15) is 14.4 Å². The molecule has 7 nitrogen and oxygen atoms in total. The van der Waals surface area contributed by atoms with Crippen LogP contribution in [0.3, 0.4) is 0 Å². The molecule has 0 aromatic heterocycles. The molecule has 0 aliphatic heterocycles. The standard InChI is InChI=1S/C21H30N2O5/c1-15(2)19(23-21(26)28-13-16-9-5-3-6-10-16)20(25)27-14-18(24)22-17-11-7-4-8-12-17/h3,5-6,9-10,15,17,19H,4,7-8,11-14H2,1-2H3,(H,22,24)(H,23,26)/t19-/m0/s1. The van der Waals surface area contributed by atoms with E-state index in [1.807, 2.05) is 30.3 Å². The summed E-state index contributed by atoms with van der Waals surface area (Å²) >= 11 is 0. The second-order valence-corrected chi connectivity index (χ2v) is 7.44. The minimum atomic E-state index is -0.884. The number of amides is 2. The number of rotatable bonds is 8. The van der Waals surface area contributed by atoms with Gasteiger partial charge in [-0.15, -0.1) is 0 Å². The largest absolute Gasteiger partial charge is 0.454 e. The van der Waals surface area contributed by atoms with E-state index in [0.29, 0.717) is 0 Å². The van der Waals surface area contributed by atoms with Gasteiger partial charge in [-0.25, -0.2) is 9.59 Å². The van der Waals surface area contributed by atoms with Gasteiger partial charge in [-0.3, -0.25) is 4.79 Å². The Kier molecular flexibility index (Phi) is 8.78. The summed E-state index contributed by atoms with van der Waals surface area (Å²) in [6, 6.07) is 8.53. The third-order valence-corrected chi connectivity index (χ3v) is 4.72. The van der Waals surface area contributed by atoms with E-state index < -0.39 is 18.1 Å². The highest BCUT2D eigenvalue weighted by atomic mass is 16.6. The first kappa shape index (κ1) is 21.7. The summed E-state index contributed by atoms with van der Waals surface area (Å²) in [6.45, 7) is 3.33. The molecule has 0 radical (unpaired) electrons. The molecular weight excluding hydrogens is 360 g/mol. The van der Waals surface area contributed by atoms with Crippen molar-refractivity contribution < 1.29 is 23.9 Å². The van der Waals surface area contributed by atoms with Crippen molar-refractivity contribution in [2.75, 3.05) is 6.61 Å². The Hall–Kier alpha value is -2.57. The van der Waals surface area contributed by atoms with Gasteiger partial charge < -0.3 is 20.1 Å². The van der Waals surface area contributed by atoms with Gasteiger partial charge in [-0.2, -0.15) is 0 Å². The first-order chi connectivity index (χ1) is 13.5. The number of hydrogen-bond donors (Lipinski definition) is 2. The number of carbonyl (C=O) groups excluding carboxylic acids is 3. The summed E-state index contributed by atoms with van der Waals surface area (Å²) < 4.78 is 10.3. The van der Waals surface area contributed by atoms with Gasteiger partial charge in [0.15, 0.2) is 6.61 Å². The van der Waals surface area contributed by atoms with Gasteiger partial charge in [-0.05, 0) is 24.3 Å². The Balaban J connectivity index is 1.75. The first-order valence-corrected chi connectivity index (χ1v) is 9.89. The quantitative estimate of drug-likeness (QED) is 0.666. The molecule has 2 rings (SSSR count). The molecule has 2 amide bonds. The highest BCUT2D eigenvalue weighted by Crippen LogP contribution is 2.17. The highest BCUT2D eigenvalue weighted by molar-refractivity contribution is 5.85. The van der Waals surface area contributed by atoms with E-state index in [2.05, 4.69) is 10.6 Å². The molecule has 28 heavy (non-hydrogen) atoms. The number of benzene rings is 1. The molecular formula is C21H30N2O5. The van der Waals surface area contributed by atoms with Crippen LogP contribution in [0.5, 0.6) is 0 Å². The van der Waals surface area contributed by atoms with E-state index in [1.54, 1.807) is 13.8 Å². The maximum atomic E-state index is 12.3. The average Bonchev–Trinajstić information content (AvgIpc) is 2.70. The third-order valence-electron chi connectivity index (χ3n) is 4.72. The van der Waals surface area contributed by atoms with Crippen molar-refractivity contribution in [3.05, 3.63) is 35.9 Å². The fourth-order valence-corrected chi connectivity index (χ4v) is 3.13. The van der Waals surface area contributed by atoms with Gasteiger partial charge in [0.05, 0.1) is 0 Å². The number of alkyl carbamates (subject to hydrolysis) is 1. The summed E-state index contributed by atoms with van der Waals surface area (Å²) in [6.07, 6.45) is 4.63. The van der Waals surface area contributed by atoms with Crippen LogP contribution in [-0.4, -0.2) is 36.7 Å². The molecule has 0 heterocycles. The van der Waals surface area contributed by atoms with Gasteiger partial charge in [-0.1, -0.05) is 63.4 Å². The fraction of sp³-hybridized carbons (Fsp3) is 0.571. The lowest BCUT2D eigenvalue weighted by Crippen LogP contribution is -2.46. The maximum Gasteiger partial charge on any atom is 0.408 e. The molecule has 2 N–H and O–H groups in total. The second-order valence-electron chi connectivity index (χ2n) is 7.44. The minimum Gasteiger partial charge on any atom is -0.454 e. The smallest absolute Gasteiger partial charge is 0.408 e. The van der Waals surface area contributed by atoms with Gasteiger partial charge in [0.2, 0.25) is 0 Å². The molecule has 0 saturated heterocycles. The summed E-state index contributed by atoms with van der Waals surface area (Å²) in [4.78, 5) is 36.3. The number of nitrogens with one attached hydrogen (secondary N) is 2. The molecule has 7 heteroatoms. The van der Waals surface area contributed by atoms with E-state index in [-0.39, 0.29) is 31.1 Å². The maximum absolute atomic E-state index is 12.3. The van der Waals surface area contributed by atoms with Crippen molar-refractivity contribution >= 4 is 18.0 Å². The van der Waals surface area contributed by atoms with Crippen LogP contribution in [0.2, 0.25) is 0 Å². The third kappa shape index (κ3) is 7.58. The van der Waals surface area contributed by atoms with E-state index in [4.69, 9.17) is 9.47 Å². The predicted octanol–water partition coefficient (Wildman–Crippen LogP) is 2.93. The van der Waals surface area contributed by atoms with Crippen LogP contribution in [0, 0.1) is 5.92 Å². The van der Waals surface area contributed by atoms with E-state index in [1.165, 1.54) is 6.42 Å². The van der Waals surface area contributed by atoms with Crippen LogP contribution in [0.1, 0.15) is 51.5 Å². The lowest BCUT2D eigenvalue weighted by Gasteiger charge is -2.23. The molecule has 1 aliphatic rings. The van der Waals surface area contributed by atoms with Crippen molar-refractivity contribution in [2.45, 2.75) is 64.6 Å². The molecule has 1 aliphatic carbocycles. The van der Waals surface area contributed by atoms with Crippen LogP contribution in [-0.2, 0) is 25.7 Å². The van der Waals surface area contributed by atoms with Gasteiger partial charge in [0.25, 0.3) is 5.91 Å². The van der Waals surface area contributed by atoms with Crippen LogP contribution in [0.4, 0.5) is 4.79 Å². The van der Waals surface area contributed by atoms with Crippen LogP contribution >= 0.6 is 0 Å². The number of hydrogen-bond acceptors (Lipinski definition) is 5. The normalized spacial score (nSPS) is 15.5.